The summed E-state index contributed by atoms with van der Waals surface area (Å²) in [6.07, 6.45) is 0. The van der Waals surface area contributed by atoms with Crippen LogP contribution in [0.4, 0.5) is 6.01 Å². The molecule has 0 aliphatic carbocycles. The molecule has 4 N–H and O–H groups in total. The first kappa shape index (κ1) is 12.4. The van der Waals surface area contributed by atoms with E-state index in [0.717, 1.165) is 0 Å². The maximum atomic E-state index is 11.1. The van der Waals surface area contributed by atoms with Crippen molar-refractivity contribution in [3.63, 3.8) is 0 Å². The first-order valence-electron chi connectivity index (χ1n) is 4.95. The molecule has 0 saturated carbocycles. The number of hydrogen-bond donors (Lipinski definition) is 3. The van der Waals surface area contributed by atoms with Crippen LogP contribution in [-0.4, -0.2) is 28.7 Å². The molecule has 0 fully saturated rings. The largest absolute Gasteiger partial charge is 0.406 e. The minimum Gasteiger partial charge on any atom is -0.406 e. The molecule has 1 atom stereocenters. The van der Waals surface area contributed by atoms with Crippen LogP contribution < -0.4 is 16.4 Å². The Hall–Kier alpha value is -1.63. The number of nitrogens with two attached hydrogens (primary N) is 1. The molecule has 7 nitrogen and oxygen atoms in total. The van der Waals surface area contributed by atoms with Crippen LogP contribution in [0.3, 0.4) is 0 Å². The van der Waals surface area contributed by atoms with E-state index >= 15 is 0 Å². The lowest BCUT2D eigenvalue weighted by molar-refractivity contribution is -0.121. The summed E-state index contributed by atoms with van der Waals surface area (Å²) in [6, 6.07) is 0.139. The summed E-state index contributed by atoms with van der Waals surface area (Å²) in [7, 11) is 1.79. The Morgan fingerprint density at radius 2 is 2.12 bits per heavy atom. The van der Waals surface area contributed by atoms with Crippen molar-refractivity contribution < 1.29 is 9.21 Å². The van der Waals surface area contributed by atoms with Crippen LogP contribution in [0.5, 0.6) is 0 Å². The highest BCUT2D eigenvalue weighted by Crippen LogP contribution is 2.16. The molecular formula is C9H17N5O2. The van der Waals surface area contributed by atoms with E-state index in [4.69, 9.17) is 10.2 Å². The number of aromatic nitrogens is 2. The number of carbonyl (C=O) groups excluding carboxylic acids is 1. The molecule has 1 amide bonds. The van der Waals surface area contributed by atoms with Crippen molar-refractivity contribution in [2.24, 2.45) is 5.73 Å². The van der Waals surface area contributed by atoms with Gasteiger partial charge in [0, 0.05) is 0 Å². The van der Waals surface area contributed by atoms with E-state index in [2.05, 4.69) is 20.8 Å². The molecule has 0 saturated heterocycles. The number of nitrogens with one attached hydrogen (secondary N) is 2. The van der Waals surface area contributed by atoms with Gasteiger partial charge in [-0.2, -0.15) is 0 Å². The minimum absolute atomic E-state index is 0.0419. The third kappa shape index (κ3) is 2.69. The molecule has 0 bridgehead atoms. The smallest absolute Gasteiger partial charge is 0.316 e. The number of nitrogens with zero attached hydrogens (tertiary/aromatic N) is 2. The molecular weight excluding hydrogens is 210 g/mol. The zero-order valence-corrected chi connectivity index (χ0v) is 9.87. The average Bonchev–Trinajstić information content (AvgIpc) is 2.64. The fourth-order valence-electron chi connectivity index (χ4n) is 0.912. The molecule has 0 aromatic carbocycles. The normalized spacial score (nSPS) is 13.5. The second-order valence-corrected chi connectivity index (χ2v) is 4.07. The first-order chi connectivity index (χ1) is 7.36. The van der Waals surface area contributed by atoms with Gasteiger partial charge in [0.2, 0.25) is 11.8 Å². The monoisotopic (exact) mass is 227 g/mol. The van der Waals surface area contributed by atoms with E-state index < -0.39 is 11.4 Å². The molecule has 1 heterocycles. The predicted molar refractivity (Wildman–Crippen MR) is 58.7 cm³/mol. The third-order valence-corrected chi connectivity index (χ3v) is 2.28. The summed E-state index contributed by atoms with van der Waals surface area (Å²) in [5.41, 5.74) is 4.28. The highest BCUT2D eigenvalue weighted by Gasteiger charge is 2.27. The Bertz CT molecular complexity index is 374. The van der Waals surface area contributed by atoms with Crippen molar-refractivity contribution in [2.45, 2.75) is 32.4 Å². The number of rotatable bonds is 5. The average molecular weight is 227 g/mol. The highest BCUT2D eigenvalue weighted by molar-refractivity contribution is 5.86. The summed E-state index contributed by atoms with van der Waals surface area (Å²) in [5, 5.41) is 13.4. The van der Waals surface area contributed by atoms with Gasteiger partial charge in [-0.1, -0.05) is 5.10 Å². The molecule has 0 aliphatic rings. The van der Waals surface area contributed by atoms with Crippen molar-refractivity contribution in [1.29, 1.82) is 0 Å². The third-order valence-electron chi connectivity index (χ3n) is 2.28. The first-order valence-corrected chi connectivity index (χ1v) is 4.95. The molecule has 1 rings (SSSR count). The van der Waals surface area contributed by atoms with Crippen molar-refractivity contribution in [3.05, 3.63) is 5.89 Å². The Morgan fingerprint density at radius 1 is 1.50 bits per heavy atom. The van der Waals surface area contributed by atoms with Gasteiger partial charge in [0.25, 0.3) is 0 Å². The van der Waals surface area contributed by atoms with E-state index in [1.807, 2.05) is 6.92 Å². The molecule has 1 unspecified atom stereocenters. The lowest BCUT2D eigenvalue weighted by Gasteiger charge is -2.20. The van der Waals surface area contributed by atoms with Crippen LogP contribution in [0.1, 0.15) is 32.7 Å². The fraction of sp³-hybridized carbons (Fsp3) is 0.667. The Labute approximate surface area is 93.8 Å². The fourth-order valence-corrected chi connectivity index (χ4v) is 0.912. The zero-order chi connectivity index (χ0) is 12.3. The number of hydrogen-bond acceptors (Lipinski definition) is 6. The molecule has 90 valence electrons. The van der Waals surface area contributed by atoms with Crippen LogP contribution in [-0.2, 0) is 4.79 Å². The minimum atomic E-state index is -0.924. The second kappa shape index (κ2) is 4.48. The van der Waals surface area contributed by atoms with Gasteiger partial charge in [0.05, 0.1) is 6.04 Å². The maximum absolute atomic E-state index is 11.1. The summed E-state index contributed by atoms with van der Waals surface area (Å²) < 4.78 is 5.32. The van der Waals surface area contributed by atoms with E-state index in [0.29, 0.717) is 5.89 Å². The Balaban J connectivity index is 2.76. The van der Waals surface area contributed by atoms with Crippen molar-refractivity contribution in [2.75, 3.05) is 12.4 Å². The van der Waals surface area contributed by atoms with Gasteiger partial charge in [0.1, 0.15) is 5.54 Å². The van der Waals surface area contributed by atoms with E-state index in [1.54, 1.807) is 20.9 Å². The lowest BCUT2D eigenvalue weighted by Crippen LogP contribution is -2.45. The summed E-state index contributed by atoms with van der Waals surface area (Å²) in [4.78, 5) is 11.1. The Morgan fingerprint density at radius 3 is 2.62 bits per heavy atom. The molecule has 0 radical (unpaired) electrons. The van der Waals surface area contributed by atoms with E-state index in [1.165, 1.54) is 0 Å². The topological polar surface area (TPSA) is 106 Å². The van der Waals surface area contributed by atoms with Gasteiger partial charge >= 0.3 is 6.01 Å². The molecule has 0 aliphatic heterocycles. The van der Waals surface area contributed by atoms with Gasteiger partial charge in [-0.05, 0) is 27.8 Å². The highest BCUT2D eigenvalue weighted by atomic mass is 16.4. The van der Waals surface area contributed by atoms with Gasteiger partial charge in [-0.25, -0.2) is 0 Å². The van der Waals surface area contributed by atoms with Crippen molar-refractivity contribution in [3.8, 4) is 0 Å². The Kier molecular flexibility index (Phi) is 3.48. The van der Waals surface area contributed by atoms with Crippen LogP contribution in [0, 0.1) is 0 Å². The van der Waals surface area contributed by atoms with Gasteiger partial charge in [0.15, 0.2) is 0 Å². The van der Waals surface area contributed by atoms with E-state index in [9.17, 15) is 4.79 Å². The summed E-state index contributed by atoms with van der Waals surface area (Å²) in [6.45, 7) is 5.16. The van der Waals surface area contributed by atoms with Crippen molar-refractivity contribution >= 4 is 11.9 Å². The number of amides is 1. The summed E-state index contributed by atoms with van der Waals surface area (Å²) >= 11 is 0. The SMILES string of the molecule is CNC(C)c1nnc(NC(C)(C)C(N)=O)o1. The number of carbonyl (C=O) groups is 1. The van der Waals surface area contributed by atoms with Crippen molar-refractivity contribution in [1.82, 2.24) is 15.5 Å². The van der Waals surface area contributed by atoms with Crippen LogP contribution in [0.25, 0.3) is 0 Å². The van der Waals surface area contributed by atoms with Crippen LogP contribution >= 0.6 is 0 Å². The molecule has 16 heavy (non-hydrogen) atoms. The summed E-state index contributed by atoms with van der Waals surface area (Å²) in [5.74, 6) is -0.0424. The van der Waals surface area contributed by atoms with Crippen LogP contribution in [0.2, 0.25) is 0 Å². The molecule has 7 heteroatoms. The quantitative estimate of drug-likeness (QED) is 0.655. The predicted octanol–water partition coefficient (Wildman–Crippen LogP) is 0.0258. The maximum Gasteiger partial charge on any atom is 0.316 e. The molecule has 1 aromatic rings. The standard InChI is InChI=1S/C9H17N5O2/c1-5(11-4)6-13-14-8(16-6)12-9(2,3)7(10)15/h5,11H,1-4H3,(H2,10,15)(H,12,14). The molecule has 0 spiro atoms. The van der Waals surface area contributed by atoms with Crippen LogP contribution in [0.15, 0.2) is 4.42 Å². The number of primary amides is 1. The second-order valence-electron chi connectivity index (χ2n) is 4.07. The van der Waals surface area contributed by atoms with Gasteiger partial charge < -0.3 is 20.8 Å². The van der Waals surface area contributed by atoms with Gasteiger partial charge in [-0.3, -0.25) is 4.79 Å². The number of anilines is 1. The lowest BCUT2D eigenvalue weighted by atomic mass is 10.1. The van der Waals surface area contributed by atoms with E-state index in [-0.39, 0.29) is 12.1 Å². The van der Waals surface area contributed by atoms with Gasteiger partial charge in [-0.15, -0.1) is 5.10 Å². The molecule has 1 aromatic heterocycles. The zero-order valence-electron chi connectivity index (χ0n) is 9.87.